The molecule has 2 aromatic carbocycles. The van der Waals surface area contributed by atoms with Gasteiger partial charge in [0.2, 0.25) is 0 Å². The highest BCUT2D eigenvalue weighted by atomic mass is 16.5. The summed E-state index contributed by atoms with van der Waals surface area (Å²) in [5, 5.41) is 9.82. The lowest BCUT2D eigenvalue weighted by Crippen LogP contribution is -1.87. The molecular formula is C17H17NO2. The second-order valence-electron chi connectivity index (χ2n) is 4.99. The lowest BCUT2D eigenvalue weighted by molar-refractivity contribution is 0.412. The summed E-state index contributed by atoms with van der Waals surface area (Å²) in [5.41, 5.74) is 4.42. The van der Waals surface area contributed by atoms with Gasteiger partial charge in [-0.25, -0.2) is 0 Å². The molecule has 0 bridgehead atoms. The molecule has 0 atom stereocenters. The predicted octanol–water partition coefficient (Wildman–Crippen LogP) is 3.64. The molecular weight excluding hydrogens is 250 g/mol. The van der Waals surface area contributed by atoms with Crippen LogP contribution in [-0.2, 0) is 12.8 Å². The Labute approximate surface area is 118 Å². The third kappa shape index (κ3) is 2.52. The molecule has 0 spiro atoms. The molecule has 0 radical (unpaired) electrons. The van der Waals surface area contributed by atoms with Crippen LogP contribution in [0.2, 0.25) is 0 Å². The lowest BCUT2D eigenvalue weighted by Gasteiger charge is -2.03. The standard InChI is InChI=1S/C17H17NO2/c1-20-16-7-8-17(19)14(10-16)11-18-15-6-5-12-3-2-4-13(12)9-15/h5-11,19H,2-4H2,1H3. The van der Waals surface area contributed by atoms with Crippen LogP contribution in [0.3, 0.4) is 0 Å². The fourth-order valence-corrected chi connectivity index (χ4v) is 2.55. The van der Waals surface area contributed by atoms with Gasteiger partial charge in [0.1, 0.15) is 11.5 Å². The Bertz CT molecular complexity index is 662. The van der Waals surface area contributed by atoms with E-state index in [9.17, 15) is 5.11 Å². The minimum absolute atomic E-state index is 0.204. The van der Waals surface area contributed by atoms with E-state index in [4.69, 9.17) is 4.74 Å². The monoisotopic (exact) mass is 267 g/mol. The largest absolute Gasteiger partial charge is 0.507 e. The molecule has 0 amide bonds. The van der Waals surface area contributed by atoms with Crippen LogP contribution in [0, 0.1) is 0 Å². The molecule has 0 fully saturated rings. The molecule has 3 rings (SSSR count). The van der Waals surface area contributed by atoms with Gasteiger partial charge in [-0.05, 0) is 60.7 Å². The molecule has 0 aromatic heterocycles. The van der Waals surface area contributed by atoms with Crippen LogP contribution in [0.25, 0.3) is 0 Å². The summed E-state index contributed by atoms with van der Waals surface area (Å²) in [5.74, 6) is 0.911. The number of hydrogen-bond donors (Lipinski definition) is 1. The minimum atomic E-state index is 0.204. The van der Waals surface area contributed by atoms with Gasteiger partial charge in [0.05, 0.1) is 12.8 Å². The third-order valence-electron chi connectivity index (χ3n) is 3.67. The van der Waals surface area contributed by atoms with E-state index in [2.05, 4.69) is 17.1 Å². The average Bonchev–Trinajstić information content (AvgIpc) is 2.94. The van der Waals surface area contributed by atoms with E-state index in [0.717, 1.165) is 12.1 Å². The first-order chi connectivity index (χ1) is 9.76. The molecule has 1 aliphatic rings. The van der Waals surface area contributed by atoms with Gasteiger partial charge in [-0.15, -0.1) is 0 Å². The first-order valence-corrected chi connectivity index (χ1v) is 6.79. The van der Waals surface area contributed by atoms with E-state index >= 15 is 0 Å². The van der Waals surface area contributed by atoms with Gasteiger partial charge >= 0.3 is 0 Å². The van der Waals surface area contributed by atoms with Crippen molar-refractivity contribution in [2.45, 2.75) is 19.3 Å². The maximum atomic E-state index is 9.82. The summed E-state index contributed by atoms with van der Waals surface area (Å²) in [6, 6.07) is 11.4. The Morgan fingerprint density at radius 1 is 1.10 bits per heavy atom. The topological polar surface area (TPSA) is 41.8 Å². The number of benzene rings is 2. The van der Waals surface area contributed by atoms with Crippen LogP contribution in [0.15, 0.2) is 41.4 Å². The van der Waals surface area contributed by atoms with Crippen LogP contribution in [0.4, 0.5) is 5.69 Å². The molecule has 0 unspecified atom stereocenters. The van der Waals surface area contributed by atoms with E-state index in [1.54, 1.807) is 31.5 Å². The van der Waals surface area contributed by atoms with Gasteiger partial charge in [-0.2, -0.15) is 0 Å². The molecule has 0 saturated carbocycles. The fraction of sp³-hybridized carbons (Fsp3) is 0.235. The van der Waals surface area contributed by atoms with Gasteiger partial charge in [-0.1, -0.05) is 6.07 Å². The van der Waals surface area contributed by atoms with Crippen molar-refractivity contribution in [1.29, 1.82) is 0 Å². The van der Waals surface area contributed by atoms with Crippen LogP contribution in [0.1, 0.15) is 23.1 Å². The van der Waals surface area contributed by atoms with E-state index < -0.39 is 0 Å². The molecule has 2 aromatic rings. The van der Waals surface area contributed by atoms with Crippen molar-refractivity contribution in [1.82, 2.24) is 0 Å². The van der Waals surface area contributed by atoms with Crippen LogP contribution >= 0.6 is 0 Å². The molecule has 3 nitrogen and oxygen atoms in total. The van der Waals surface area contributed by atoms with E-state index in [-0.39, 0.29) is 5.75 Å². The SMILES string of the molecule is COc1ccc(O)c(C=Nc2ccc3c(c2)CCC3)c1. The summed E-state index contributed by atoms with van der Waals surface area (Å²) in [6.45, 7) is 0. The van der Waals surface area contributed by atoms with Crippen molar-refractivity contribution < 1.29 is 9.84 Å². The molecule has 1 aliphatic carbocycles. The second-order valence-corrected chi connectivity index (χ2v) is 4.99. The number of aryl methyl sites for hydroxylation is 2. The lowest BCUT2D eigenvalue weighted by atomic mass is 10.1. The van der Waals surface area contributed by atoms with Crippen LogP contribution in [0.5, 0.6) is 11.5 Å². The van der Waals surface area contributed by atoms with Crippen LogP contribution < -0.4 is 4.74 Å². The number of methoxy groups -OCH3 is 1. The molecule has 1 N–H and O–H groups in total. The summed E-state index contributed by atoms with van der Waals surface area (Å²) in [7, 11) is 1.60. The Kier molecular flexibility index (Phi) is 3.42. The molecule has 102 valence electrons. The zero-order valence-electron chi connectivity index (χ0n) is 11.5. The zero-order valence-corrected chi connectivity index (χ0v) is 11.5. The molecule has 0 heterocycles. The van der Waals surface area contributed by atoms with Gasteiger partial charge < -0.3 is 9.84 Å². The minimum Gasteiger partial charge on any atom is -0.507 e. The zero-order chi connectivity index (χ0) is 13.9. The number of hydrogen-bond acceptors (Lipinski definition) is 3. The molecule has 0 saturated heterocycles. The normalized spacial score (nSPS) is 13.7. The molecule has 20 heavy (non-hydrogen) atoms. The van der Waals surface area contributed by atoms with Gasteiger partial charge in [0.15, 0.2) is 0 Å². The Hall–Kier alpha value is -2.29. The number of aromatic hydroxyl groups is 1. The van der Waals surface area contributed by atoms with Crippen molar-refractivity contribution in [3.05, 3.63) is 53.1 Å². The van der Waals surface area contributed by atoms with Crippen molar-refractivity contribution in [2.24, 2.45) is 4.99 Å². The highest BCUT2D eigenvalue weighted by molar-refractivity contribution is 5.86. The first-order valence-electron chi connectivity index (χ1n) is 6.79. The highest BCUT2D eigenvalue weighted by Gasteiger charge is 2.10. The quantitative estimate of drug-likeness (QED) is 0.863. The summed E-state index contributed by atoms with van der Waals surface area (Å²) in [4.78, 5) is 4.45. The molecule has 3 heteroatoms. The number of aliphatic imine (C=N–C) groups is 1. The Morgan fingerprint density at radius 2 is 1.95 bits per heavy atom. The van der Waals surface area contributed by atoms with Crippen molar-refractivity contribution >= 4 is 11.9 Å². The van der Waals surface area contributed by atoms with Crippen molar-refractivity contribution in [3.8, 4) is 11.5 Å². The maximum absolute atomic E-state index is 9.82. The van der Waals surface area contributed by atoms with Crippen LogP contribution in [-0.4, -0.2) is 18.4 Å². The summed E-state index contributed by atoms with van der Waals surface area (Å²) < 4.78 is 5.15. The first kappa shape index (κ1) is 12.7. The number of phenols is 1. The number of nitrogens with zero attached hydrogens (tertiary/aromatic N) is 1. The number of phenolic OH excluding ortho intramolecular Hbond substituents is 1. The van der Waals surface area contributed by atoms with E-state index in [0.29, 0.717) is 11.3 Å². The Balaban J connectivity index is 1.87. The average molecular weight is 267 g/mol. The Morgan fingerprint density at radius 3 is 2.80 bits per heavy atom. The van der Waals surface area contributed by atoms with E-state index in [1.165, 1.54) is 24.0 Å². The van der Waals surface area contributed by atoms with Gasteiger partial charge in [-0.3, -0.25) is 4.99 Å². The third-order valence-corrected chi connectivity index (χ3v) is 3.67. The predicted molar refractivity (Wildman–Crippen MR) is 80.4 cm³/mol. The number of fused-ring (bicyclic) bond motifs is 1. The van der Waals surface area contributed by atoms with Crippen molar-refractivity contribution in [3.63, 3.8) is 0 Å². The smallest absolute Gasteiger partial charge is 0.124 e. The fourth-order valence-electron chi connectivity index (χ4n) is 2.55. The number of rotatable bonds is 3. The summed E-state index contributed by atoms with van der Waals surface area (Å²) in [6.07, 6.45) is 5.23. The summed E-state index contributed by atoms with van der Waals surface area (Å²) >= 11 is 0. The highest BCUT2D eigenvalue weighted by Crippen LogP contribution is 2.27. The number of ether oxygens (including phenoxy) is 1. The van der Waals surface area contributed by atoms with E-state index in [1.807, 2.05) is 6.07 Å². The van der Waals surface area contributed by atoms with Crippen molar-refractivity contribution in [2.75, 3.05) is 7.11 Å². The van der Waals surface area contributed by atoms with Gasteiger partial charge in [0.25, 0.3) is 0 Å². The second kappa shape index (κ2) is 5.37. The van der Waals surface area contributed by atoms with Gasteiger partial charge in [0, 0.05) is 11.8 Å². The maximum Gasteiger partial charge on any atom is 0.124 e. The molecule has 0 aliphatic heterocycles.